The molecule has 1 aromatic heterocycles. The highest BCUT2D eigenvalue weighted by Gasteiger charge is 2.18. The van der Waals surface area contributed by atoms with Crippen LogP contribution in [0.25, 0.3) is 0 Å². The standard InChI is InChI=1S/C12H18BrFN4S/c1-18-7-3-2-6-16-19(18)8-10(15)12-9(14)4-5-11(13)17-12/h4-5,10H,2-3,6-8,15H2,1H3. The molecule has 2 unspecified atom stereocenters. The Hall–Kier alpha value is -0.370. The number of halogens is 2. The molecule has 106 valence electrons. The maximum absolute atomic E-state index is 13.7. The van der Waals surface area contributed by atoms with E-state index >= 15 is 0 Å². The first-order chi connectivity index (χ1) is 9.08. The van der Waals surface area contributed by atoms with Gasteiger partial charge in [0.1, 0.15) is 10.4 Å². The molecule has 0 bridgehead atoms. The zero-order chi connectivity index (χ0) is 13.8. The van der Waals surface area contributed by atoms with Crippen molar-refractivity contribution in [2.24, 2.45) is 10.1 Å². The van der Waals surface area contributed by atoms with Crippen LogP contribution in [0.2, 0.25) is 0 Å². The summed E-state index contributed by atoms with van der Waals surface area (Å²) in [6.07, 6.45) is 2.27. The van der Waals surface area contributed by atoms with E-state index in [0.29, 0.717) is 16.0 Å². The summed E-state index contributed by atoms with van der Waals surface area (Å²) in [6, 6.07) is 2.55. The molecule has 1 aliphatic rings. The SMILES string of the molecule is CN1CCCCN=S1CC(N)c1nc(Br)ccc1F. The number of hydrogen-bond acceptors (Lipinski definition) is 4. The van der Waals surface area contributed by atoms with Crippen LogP contribution in [0.5, 0.6) is 0 Å². The van der Waals surface area contributed by atoms with E-state index in [1.54, 1.807) is 6.07 Å². The molecule has 0 fully saturated rings. The molecule has 2 heterocycles. The molecule has 19 heavy (non-hydrogen) atoms. The second kappa shape index (κ2) is 6.88. The zero-order valence-electron chi connectivity index (χ0n) is 10.9. The van der Waals surface area contributed by atoms with Gasteiger partial charge in [-0.1, -0.05) is 0 Å². The minimum atomic E-state index is -0.426. The van der Waals surface area contributed by atoms with Crippen LogP contribution in [0.1, 0.15) is 24.6 Å². The fourth-order valence-electron chi connectivity index (χ4n) is 1.93. The van der Waals surface area contributed by atoms with E-state index in [4.69, 9.17) is 5.73 Å². The van der Waals surface area contributed by atoms with Crippen molar-refractivity contribution in [2.45, 2.75) is 18.9 Å². The van der Waals surface area contributed by atoms with Crippen molar-refractivity contribution in [3.05, 3.63) is 28.2 Å². The van der Waals surface area contributed by atoms with Gasteiger partial charge in [0, 0.05) is 18.8 Å². The predicted molar refractivity (Wildman–Crippen MR) is 80.2 cm³/mol. The van der Waals surface area contributed by atoms with Crippen LogP contribution >= 0.6 is 15.9 Å². The predicted octanol–water partition coefficient (Wildman–Crippen LogP) is 2.43. The van der Waals surface area contributed by atoms with Gasteiger partial charge in [-0.3, -0.25) is 0 Å². The molecule has 0 saturated heterocycles. The van der Waals surface area contributed by atoms with Gasteiger partial charge in [-0.05, 0) is 58.8 Å². The lowest BCUT2D eigenvalue weighted by Crippen LogP contribution is -2.29. The molecule has 0 radical (unpaired) electrons. The van der Waals surface area contributed by atoms with Crippen molar-refractivity contribution in [3.8, 4) is 0 Å². The highest BCUT2D eigenvalue weighted by Crippen LogP contribution is 2.19. The quantitative estimate of drug-likeness (QED) is 0.853. The summed E-state index contributed by atoms with van der Waals surface area (Å²) in [4.78, 5) is 4.15. The minimum absolute atomic E-state index is 0.241. The van der Waals surface area contributed by atoms with Crippen LogP contribution in [-0.2, 0) is 10.9 Å². The Balaban J connectivity index is 2.13. The van der Waals surface area contributed by atoms with Gasteiger partial charge in [-0.25, -0.2) is 18.0 Å². The summed E-state index contributed by atoms with van der Waals surface area (Å²) < 4.78 is 21.2. The third-order valence-corrected chi connectivity index (χ3v) is 5.48. The number of rotatable bonds is 3. The highest BCUT2D eigenvalue weighted by atomic mass is 79.9. The molecule has 0 saturated carbocycles. The number of aromatic nitrogens is 1. The van der Waals surface area contributed by atoms with Crippen LogP contribution < -0.4 is 5.73 Å². The molecule has 2 N–H and O–H groups in total. The fourth-order valence-corrected chi connectivity index (χ4v) is 3.97. The molecule has 2 rings (SSSR count). The van der Waals surface area contributed by atoms with Gasteiger partial charge in [-0.2, -0.15) is 0 Å². The zero-order valence-corrected chi connectivity index (χ0v) is 13.3. The van der Waals surface area contributed by atoms with Gasteiger partial charge >= 0.3 is 0 Å². The van der Waals surface area contributed by atoms with Gasteiger partial charge in [0.15, 0.2) is 0 Å². The lowest BCUT2D eigenvalue weighted by atomic mass is 10.2. The van der Waals surface area contributed by atoms with Crippen molar-refractivity contribution >= 4 is 26.8 Å². The Morgan fingerprint density at radius 1 is 1.53 bits per heavy atom. The molecular formula is C12H18BrFN4S. The summed E-state index contributed by atoms with van der Waals surface area (Å²) in [5, 5.41) is 0. The topological polar surface area (TPSA) is 54.5 Å². The fraction of sp³-hybridized carbons (Fsp3) is 0.583. The second-order valence-corrected chi connectivity index (χ2v) is 7.23. The number of nitrogens with two attached hydrogens (primary N) is 1. The summed E-state index contributed by atoms with van der Waals surface area (Å²) in [7, 11) is 1.81. The summed E-state index contributed by atoms with van der Waals surface area (Å²) in [5.41, 5.74) is 6.42. The summed E-state index contributed by atoms with van der Waals surface area (Å²) in [6.45, 7) is 1.89. The lowest BCUT2D eigenvalue weighted by molar-refractivity contribution is 0.533. The van der Waals surface area contributed by atoms with Gasteiger partial charge in [0.25, 0.3) is 0 Å². The van der Waals surface area contributed by atoms with E-state index in [2.05, 4.69) is 36.6 Å². The monoisotopic (exact) mass is 348 g/mol. The van der Waals surface area contributed by atoms with Crippen molar-refractivity contribution in [1.82, 2.24) is 9.29 Å². The van der Waals surface area contributed by atoms with E-state index in [-0.39, 0.29) is 16.7 Å². The van der Waals surface area contributed by atoms with Gasteiger partial charge in [0.2, 0.25) is 0 Å². The Kier molecular flexibility index (Phi) is 5.44. The third kappa shape index (κ3) is 4.05. The van der Waals surface area contributed by atoms with Gasteiger partial charge in [0.05, 0.1) is 11.7 Å². The maximum Gasteiger partial charge on any atom is 0.146 e. The Bertz CT molecular complexity index is 483. The minimum Gasteiger partial charge on any atom is -0.322 e. The molecule has 0 amide bonds. The molecule has 4 nitrogen and oxygen atoms in total. The average molecular weight is 349 g/mol. The second-order valence-electron chi connectivity index (χ2n) is 4.53. The van der Waals surface area contributed by atoms with Crippen LogP contribution in [0.15, 0.2) is 21.1 Å². The van der Waals surface area contributed by atoms with Crippen molar-refractivity contribution in [3.63, 3.8) is 0 Å². The molecule has 1 aliphatic heterocycles. The Morgan fingerprint density at radius 3 is 3.11 bits per heavy atom. The van der Waals surface area contributed by atoms with E-state index in [1.165, 1.54) is 6.07 Å². The normalized spacial score (nSPS) is 22.6. The molecule has 7 heteroatoms. The van der Waals surface area contributed by atoms with Crippen LogP contribution in [0, 0.1) is 5.82 Å². The third-order valence-electron chi connectivity index (χ3n) is 3.00. The molecule has 1 aromatic rings. The van der Waals surface area contributed by atoms with E-state index in [1.807, 2.05) is 0 Å². The van der Waals surface area contributed by atoms with Crippen LogP contribution in [-0.4, -0.2) is 35.2 Å². The van der Waals surface area contributed by atoms with E-state index in [0.717, 1.165) is 25.9 Å². The smallest absolute Gasteiger partial charge is 0.146 e. The number of pyridine rings is 1. The van der Waals surface area contributed by atoms with Gasteiger partial charge in [-0.15, -0.1) is 0 Å². The molecule has 0 aromatic carbocycles. The van der Waals surface area contributed by atoms with Crippen molar-refractivity contribution in [2.75, 3.05) is 25.9 Å². The molecule has 2 atom stereocenters. The summed E-state index contributed by atoms with van der Waals surface area (Å²) >= 11 is 3.25. The van der Waals surface area contributed by atoms with E-state index < -0.39 is 6.04 Å². The van der Waals surface area contributed by atoms with Crippen molar-refractivity contribution < 1.29 is 4.39 Å². The first-order valence-electron chi connectivity index (χ1n) is 6.25. The first-order valence-corrected chi connectivity index (χ1v) is 8.35. The highest BCUT2D eigenvalue weighted by molar-refractivity contribution is 9.10. The van der Waals surface area contributed by atoms with E-state index in [9.17, 15) is 4.39 Å². The largest absolute Gasteiger partial charge is 0.322 e. The average Bonchev–Trinajstić information content (AvgIpc) is 2.58. The summed E-state index contributed by atoms with van der Waals surface area (Å²) in [5.74, 6) is 0.272. The van der Waals surface area contributed by atoms with Crippen LogP contribution in [0.3, 0.4) is 0 Å². The van der Waals surface area contributed by atoms with Crippen molar-refractivity contribution in [1.29, 1.82) is 0 Å². The first kappa shape index (κ1) is 15.0. The lowest BCUT2D eigenvalue weighted by Gasteiger charge is -2.21. The molecule has 0 aliphatic carbocycles. The Labute approximate surface area is 123 Å². The Morgan fingerprint density at radius 2 is 2.32 bits per heavy atom. The van der Waals surface area contributed by atoms with Gasteiger partial charge < -0.3 is 5.73 Å². The maximum atomic E-state index is 13.7. The number of nitrogens with zero attached hydrogens (tertiary/aromatic N) is 3. The van der Waals surface area contributed by atoms with Crippen LogP contribution in [0.4, 0.5) is 4.39 Å². The molecule has 0 spiro atoms. The number of hydrogen-bond donors (Lipinski definition) is 1. The molecular weight excluding hydrogens is 331 g/mol.